The minimum Gasteiger partial charge on any atom is -0.345 e. The van der Waals surface area contributed by atoms with Gasteiger partial charge >= 0.3 is 0 Å². The summed E-state index contributed by atoms with van der Waals surface area (Å²) in [5, 5.41) is 0. The van der Waals surface area contributed by atoms with Gasteiger partial charge in [-0.1, -0.05) is 31.5 Å². The maximum atomic E-state index is 13.1. The number of rotatable bonds is 5. The molecule has 0 atom stereocenters. The van der Waals surface area contributed by atoms with Crippen LogP contribution in [0, 0.1) is 32.6 Å². The molecular formula is C20H32N2O3S. The zero-order valence-corrected chi connectivity index (χ0v) is 17.7. The van der Waals surface area contributed by atoms with Gasteiger partial charge in [0.15, 0.2) is 0 Å². The predicted octanol–water partition coefficient (Wildman–Crippen LogP) is 3.13. The molecule has 1 amide bonds. The average molecular weight is 381 g/mol. The van der Waals surface area contributed by atoms with Crippen molar-refractivity contribution in [2.75, 3.05) is 26.7 Å². The van der Waals surface area contributed by atoms with E-state index in [4.69, 9.17) is 0 Å². The molecule has 1 aromatic rings. The normalized spacial score (nSPS) is 16.9. The smallest absolute Gasteiger partial charge is 0.243 e. The fraction of sp³-hybridized carbons (Fsp3) is 0.650. The van der Waals surface area contributed by atoms with Crippen LogP contribution in [0.3, 0.4) is 0 Å². The topological polar surface area (TPSA) is 57.7 Å². The van der Waals surface area contributed by atoms with E-state index >= 15 is 0 Å². The zero-order valence-electron chi connectivity index (χ0n) is 16.9. The molecule has 0 aromatic heterocycles. The number of hydrogen-bond acceptors (Lipinski definition) is 3. The van der Waals surface area contributed by atoms with Crippen LogP contribution in [0.2, 0.25) is 0 Å². The molecule has 0 spiro atoms. The molecule has 26 heavy (non-hydrogen) atoms. The Labute approximate surface area is 158 Å². The Hall–Kier alpha value is -1.40. The SMILES string of the molecule is Cc1cc(C)c(S(=O)(=O)N2CCC(C(=O)N(C)CC(C)C)CC2)c(C)c1. The van der Waals surface area contributed by atoms with Crippen LogP contribution in [0.15, 0.2) is 17.0 Å². The van der Waals surface area contributed by atoms with Crippen molar-refractivity contribution in [2.45, 2.75) is 52.4 Å². The van der Waals surface area contributed by atoms with Gasteiger partial charge in [-0.3, -0.25) is 4.79 Å². The zero-order chi connectivity index (χ0) is 19.6. The Morgan fingerprint density at radius 3 is 2.12 bits per heavy atom. The van der Waals surface area contributed by atoms with Gasteiger partial charge in [0.05, 0.1) is 4.90 Å². The van der Waals surface area contributed by atoms with Crippen LogP contribution in [0.4, 0.5) is 0 Å². The second-order valence-corrected chi connectivity index (χ2v) is 9.89. The predicted molar refractivity (Wildman–Crippen MR) is 105 cm³/mol. The molecule has 1 heterocycles. The second kappa shape index (κ2) is 8.09. The highest BCUT2D eigenvalue weighted by molar-refractivity contribution is 7.89. The largest absolute Gasteiger partial charge is 0.345 e. The first-order valence-electron chi connectivity index (χ1n) is 9.37. The number of piperidine rings is 1. The third-order valence-electron chi connectivity index (χ3n) is 5.02. The molecule has 1 aliphatic rings. The van der Waals surface area contributed by atoms with Crippen LogP contribution >= 0.6 is 0 Å². The van der Waals surface area contributed by atoms with E-state index in [1.807, 2.05) is 40.0 Å². The van der Waals surface area contributed by atoms with E-state index in [-0.39, 0.29) is 11.8 Å². The van der Waals surface area contributed by atoms with Gasteiger partial charge in [0.25, 0.3) is 0 Å². The first kappa shape index (κ1) is 20.9. The van der Waals surface area contributed by atoms with Crippen LogP contribution in [0.1, 0.15) is 43.4 Å². The number of aryl methyl sites for hydroxylation is 3. The summed E-state index contributed by atoms with van der Waals surface area (Å²) >= 11 is 0. The number of carbonyl (C=O) groups excluding carboxylic acids is 1. The Morgan fingerprint density at radius 2 is 1.65 bits per heavy atom. The van der Waals surface area contributed by atoms with Crippen LogP contribution < -0.4 is 0 Å². The van der Waals surface area contributed by atoms with Gasteiger partial charge in [-0.2, -0.15) is 4.31 Å². The van der Waals surface area contributed by atoms with E-state index in [9.17, 15) is 13.2 Å². The quantitative estimate of drug-likeness (QED) is 0.788. The highest BCUT2D eigenvalue weighted by Gasteiger charge is 2.34. The van der Waals surface area contributed by atoms with Gasteiger partial charge in [0.1, 0.15) is 0 Å². The lowest BCUT2D eigenvalue weighted by atomic mass is 9.96. The van der Waals surface area contributed by atoms with Crippen LogP contribution in [0.5, 0.6) is 0 Å². The fourth-order valence-electron chi connectivity index (χ4n) is 4.00. The van der Waals surface area contributed by atoms with Crippen LogP contribution in [-0.2, 0) is 14.8 Å². The monoisotopic (exact) mass is 380 g/mol. The van der Waals surface area contributed by atoms with E-state index < -0.39 is 10.0 Å². The molecule has 146 valence electrons. The molecule has 0 bridgehead atoms. The maximum Gasteiger partial charge on any atom is 0.243 e. The van der Waals surface area contributed by atoms with Gasteiger partial charge in [-0.15, -0.1) is 0 Å². The molecule has 0 N–H and O–H groups in total. The van der Waals surface area contributed by atoms with E-state index in [1.54, 1.807) is 9.21 Å². The molecule has 1 aromatic carbocycles. The molecular weight excluding hydrogens is 348 g/mol. The number of nitrogens with zero attached hydrogens (tertiary/aromatic N) is 2. The van der Waals surface area contributed by atoms with Crippen molar-refractivity contribution in [3.63, 3.8) is 0 Å². The minimum atomic E-state index is -3.52. The van der Waals surface area contributed by atoms with Crippen LogP contribution in [-0.4, -0.2) is 50.2 Å². The van der Waals surface area contributed by atoms with Gasteiger partial charge in [0, 0.05) is 32.6 Å². The summed E-state index contributed by atoms with van der Waals surface area (Å²) in [4.78, 5) is 14.8. The van der Waals surface area contributed by atoms with Crippen molar-refractivity contribution in [3.05, 3.63) is 28.8 Å². The summed E-state index contributed by atoms with van der Waals surface area (Å²) in [5.74, 6) is 0.487. The summed E-state index contributed by atoms with van der Waals surface area (Å²) in [5.41, 5.74) is 2.64. The molecule has 0 unspecified atom stereocenters. The standard InChI is InChI=1S/C20H32N2O3S/c1-14(2)13-21(6)20(23)18-7-9-22(10-8-18)26(24,25)19-16(4)11-15(3)12-17(19)5/h11-12,14,18H,7-10,13H2,1-6H3. The van der Waals surface area contributed by atoms with Gasteiger partial charge in [0.2, 0.25) is 15.9 Å². The van der Waals surface area contributed by atoms with E-state index in [1.165, 1.54) is 0 Å². The lowest BCUT2D eigenvalue weighted by molar-refractivity contribution is -0.135. The van der Waals surface area contributed by atoms with Gasteiger partial charge in [-0.25, -0.2) is 8.42 Å². The van der Waals surface area contributed by atoms with Crippen molar-refractivity contribution in [1.82, 2.24) is 9.21 Å². The molecule has 1 aliphatic heterocycles. The molecule has 1 saturated heterocycles. The van der Waals surface area contributed by atoms with Crippen molar-refractivity contribution in [3.8, 4) is 0 Å². The molecule has 0 saturated carbocycles. The van der Waals surface area contributed by atoms with Crippen molar-refractivity contribution in [1.29, 1.82) is 0 Å². The summed E-state index contributed by atoms with van der Waals surface area (Å²) in [7, 11) is -1.68. The summed E-state index contributed by atoms with van der Waals surface area (Å²) < 4.78 is 27.8. The number of carbonyl (C=O) groups is 1. The van der Waals surface area contributed by atoms with Crippen molar-refractivity contribution < 1.29 is 13.2 Å². The number of sulfonamides is 1. The summed E-state index contributed by atoms with van der Waals surface area (Å²) in [6.45, 7) is 11.4. The lowest BCUT2D eigenvalue weighted by Gasteiger charge is -2.33. The third kappa shape index (κ3) is 4.46. The number of benzene rings is 1. The average Bonchev–Trinajstić information content (AvgIpc) is 2.52. The Balaban J connectivity index is 2.11. The minimum absolute atomic E-state index is 0.0783. The molecule has 0 radical (unpaired) electrons. The Kier molecular flexibility index (Phi) is 6.51. The van der Waals surface area contributed by atoms with Crippen molar-refractivity contribution in [2.24, 2.45) is 11.8 Å². The molecule has 1 fully saturated rings. The summed E-state index contributed by atoms with van der Waals surface area (Å²) in [6, 6.07) is 3.83. The molecule has 5 nitrogen and oxygen atoms in total. The highest BCUT2D eigenvalue weighted by Crippen LogP contribution is 2.29. The highest BCUT2D eigenvalue weighted by atomic mass is 32.2. The maximum absolute atomic E-state index is 13.1. The fourth-order valence-corrected chi connectivity index (χ4v) is 5.88. The van der Waals surface area contributed by atoms with Crippen LogP contribution in [0.25, 0.3) is 0 Å². The van der Waals surface area contributed by atoms with E-state index in [0.717, 1.165) is 23.2 Å². The number of amides is 1. The third-order valence-corrected chi connectivity index (χ3v) is 7.23. The van der Waals surface area contributed by atoms with E-state index in [0.29, 0.717) is 36.7 Å². The Bertz CT molecular complexity index is 740. The van der Waals surface area contributed by atoms with Gasteiger partial charge < -0.3 is 4.90 Å². The Morgan fingerprint density at radius 1 is 1.15 bits per heavy atom. The summed E-state index contributed by atoms with van der Waals surface area (Å²) in [6.07, 6.45) is 1.18. The second-order valence-electron chi connectivity index (χ2n) is 8.02. The van der Waals surface area contributed by atoms with Gasteiger partial charge in [-0.05, 0) is 50.7 Å². The first-order valence-corrected chi connectivity index (χ1v) is 10.8. The first-order chi connectivity index (χ1) is 12.0. The van der Waals surface area contributed by atoms with Crippen molar-refractivity contribution >= 4 is 15.9 Å². The molecule has 6 heteroatoms. The number of hydrogen-bond donors (Lipinski definition) is 0. The molecule has 0 aliphatic carbocycles. The van der Waals surface area contributed by atoms with E-state index in [2.05, 4.69) is 13.8 Å². The molecule has 2 rings (SSSR count). The lowest BCUT2D eigenvalue weighted by Crippen LogP contribution is -2.44.